The van der Waals surface area contributed by atoms with Crippen molar-refractivity contribution in [2.24, 2.45) is 0 Å². The zero-order valence-corrected chi connectivity index (χ0v) is 12.7. The summed E-state index contributed by atoms with van der Waals surface area (Å²) < 4.78 is 5.61. The van der Waals surface area contributed by atoms with Gasteiger partial charge in [0.1, 0.15) is 21.1 Å². The molecule has 0 saturated carbocycles. The summed E-state index contributed by atoms with van der Waals surface area (Å²) >= 11 is 7.55. The van der Waals surface area contributed by atoms with Gasteiger partial charge in [-0.15, -0.1) is 11.3 Å². The molecule has 0 spiro atoms. The maximum Gasteiger partial charge on any atom is 0.388 e. The van der Waals surface area contributed by atoms with E-state index in [0.29, 0.717) is 11.3 Å². The summed E-state index contributed by atoms with van der Waals surface area (Å²) in [5, 5.41) is 13.6. The van der Waals surface area contributed by atoms with Crippen molar-refractivity contribution in [3.05, 3.63) is 39.1 Å². The lowest BCUT2D eigenvalue weighted by Crippen LogP contribution is -2.01. The van der Waals surface area contributed by atoms with Crippen molar-refractivity contribution in [3.8, 4) is 11.5 Å². The lowest BCUT2D eigenvalue weighted by Gasteiger charge is -2.09. The number of anilines is 1. The van der Waals surface area contributed by atoms with Gasteiger partial charge in [-0.3, -0.25) is 0 Å². The van der Waals surface area contributed by atoms with Crippen molar-refractivity contribution < 1.29 is 9.66 Å². The van der Waals surface area contributed by atoms with Crippen LogP contribution in [0.15, 0.2) is 24.0 Å². The van der Waals surface area contributed by atoms with Crippen molar-refractivity contribution in [1.82, 2.24) is 15.0 Å². The summed E-state index contributed by atoms with van der Waals surface area (Å²) in [5.74, 6) is 0.235. The van der Waals surface area contributed by atoms with Crippen LogP contribution >= 0.6 is 22.9 Å². The molecule has 0 radical (unpaired) electrons. The van der Waals surface area contributed by atoms with Gasteiger partial charge in [-0.2, -0.15) is 0 Å². The minimum absolute atomic E-state index is 0.0718. The van der Waals surface area contributed by atoms with Crippen molar-refractivity contribution in [1.29, 1.82) is 0 Å². The van der Waals surface area contributed by atoms with Gasteiger partial charge >= 0.3 is 5.82 Å². The lowest BCUT2D eigenvalue weighted by atomic mass is 10.3. The van der Waals surface area contributed by atoms with Crippen molar-refractivity contribution in [2.45, 2.75) is 0 Å². The van der Waals surface area contributed by atoms with Crippen LogP contribution < -0.4 is 10.1 Å². The van der Waals surface area contributed by atoms with Gasteiger partial charge in [0.05, 0.1) is 11.7 Å². The van der Waals surface area contributed by atoms with E-state index >= 15 is 0 Å². The van der Waals surface area contributed by atoms with E-state index in [1.807, 2.05) is 0 Å². The van der Waals surface area contributed by atoms with Crippen LogP contribution in [0.5, 0.6) is 11.5 Å². The number of fused-ring (bicyclic) bond motifs is 1. The van der Waals surface area contributed by atoms with Gasteiger partial charge in [-0.1, -0.05) is 11.6 Å². The second-order valence-electron chi connectivity index (χ2n) is 4.09. The second-order valence-corrected chi connectivity index (χ2v) is 5.30. The van der Waals surface area contributed by atoms with Crippen LogP contribution in [0.1, 0.15) is 0 Å². The maximum atomic E-state index is 10.9. The van der Waals surface area contributed by atoms with E-state index in [4.69, 9.17) is 16.3 Å². The van der Waals surface area contributed by atoms with Crippen LogP contribution in [0.3, 0.4) is 0 Å². The molecule has 10 heteroatoms. The number of halogens is 1. The fourth-order valence-electron chi connectivity index (χ4n) is 1.81. The maximum absolute atomic E-state index is 10.9. The van der Waals surface area contributed by atoms with Crippen LogP contribution in [-0.4, -0.2) is 26.9 Å². The number of hydrogen-bond acceptors (Lipinski definition) is 8. The molecular formula is C12H8ClN5O3S. The van der Waals surface area contributed by atoms with E-state index < -0.39 is 4.92 Å². The van der Waals surface area contributed by atoms with Gasteiger partial charge in [0, 0.05) is 13.1 Å². The molecule has 0 aliphatic carbocycles. The van der Waals surface area contributed by atoms with E-state index in [2.05, 4.69) is 20.3 Å². The molecule has 0 amide bonds. The molecule has 0 aliphatic heterocycles. The van der Waals surface area contributed by atoms with E-state index in [0.717, 1.165) is 4.83 Å². The van der Waals surface area contributed by atoms with E-state index in [1.165, 1.54) is 30.8 Å². The monoisotopic (exact) mass is 337 g/mol. The molecule has 112 valence electrons. The van der Waals surface area contributed by atoms with Crippen molar-refractivity contribution in [2.75, 3.05) is 12.4 Å². The number of nitrogens with one attached hydrogen (secondary N) is 1. The molecule has 0 atom stereocenters. The van der Waals surface area contributed by atoms with Crippen molar-refractivity contribution >= 4 is 44.8 Å². The van der Waals surface area contributed by atoms with E-state index in [-0.39, 0.29) is 22.3 Å². The van der Waals surface area contributed by atoms with Gasteiger partial charge in [0.15, 0.2) is 17.6 Å². The van der Waals surface area contributed by atoms with Crippen LogP contribution in [0, 0.1) is 10.1 Å². The number of pyridine rings is 2. The Bertz CT molecular complexity index is 869. The normalized spacial score (nSPS) is 10.6. The third kappa shape index (κ3) is 2.51. The van der Waals surface area contributed by atoms with Crippen LogP contribution in [0.4, 0.5) is 11.5 Å². The van der Waals surface area contributed by atoms with Gasteiger partial charge in [-0.25, -0.2) is 9.97 Å². The second kappa shape index (κ2) is 5.70. The average molecular weight is 338 g/mol. The summed E-state index contributed by atoms with van der Waals surface area (Å²) in [6.45, 7) is 0. The largest absolute Gasteiger partial charge is 0.450 e. The number of nitrogens with zero attached hydrogens (tertiary/aromatic N) is 4. The van der Waals surface area contributed by atoms with E-state index in [1.54, 1.807) is 11.6 Å². The number of ether oxygens (including phenoxy) is 1. The summed E-state index contributed by atoms with van der Waals surface area (Å²) in [6.07, 6.45) is 2.73. The third-order valence-corrected chi connectivity index (χ3v) is 3.90. The van der Waals surface area contributed by atoms with Gasteiger partial charge < -0.3 is 20.2 Å². The first-order valence-corrected chi connectivity index (χ1v) is 7.23. The Kier molecular flexibility index (Phi) is 3.73. The lowest BCUT2D eigenvalue weighted by molar-refractivity contribution is -0.388. The molecule has 0 fully saturated rings. The number of aromatic nitrogens is 3. The highest BCUT2D eigenvalue weighted by Crippen LogP contribution is 2.39. The molecule has 3 heterocycles. The topological polar surface area (TPSA) is 103 Å². The first-order chi connectivity index (χ1) is 10.6. The zero-order chi connectivity index (χ0) is 15.7. The molecule has 3 rings (SSSR count). The quantitative estimate of drug-likeness (QED) is 0.574. The van der Waals surface area contributed by atoms with Crippen LogP contribution in [0.25, 0.3) is 10.3 Å². The van der Waals surface area contributed by atoms with Crippen LogP contribution in [0.2, 0.25) is 5.02 Å². The Hall–Kier alpha value is -2.52. The summed E-state index contributed by atoms with van der Waals surface area (Å²) in [7, 11) is 1.52. The zero-order valence-electron chi connectivity index (χ0n) is 11.1. The summed E-state index contributed by atoms with van der Waals surface area (Å²) in [4.78, 5) is 23.2. The fourth-order valence-corrected chi connectivity index (χ4v) is 2.69. The Morgan fingerprint density at radius 3 is 2.91 bits per heavy atom. The molecule has 3 aromatic rings. The minimum atomic E-state index is -0.621. The smallest absolute Gasteiger partial charge is 0.388 e. The molecule has 0 bridgehead atoms. The molecule has 0 unspecified atom stereocenters. The molecule has 1 N–H and O–H groups in total. The Balaban J connectivity index is 1.99. The first-order valence-electron chi connectivity index (χ1n) is 5.98. The van der Waals surface area contributed by atoms with Crippen molar-refractivity contribution in [3.63, 3.8) is 0 Å². The highest BCUT2D eigenvalue weighted by Gasteiger charge is 2.22. The van der Waals surface area contributed by atoms with Gasteiger partial charge in [0.25, 0.3) is 0 Å². The van der Waals surface area contributed by atoms with Gasteiger partial charge in [0.2, 0.25) is 0 Å². The summed E-state index contributed by atoms with van der Waals surface area (Å²) in [6, 6.07) is 1.70. The standard InChI is InChI=1S/C12H8ClN5O3S/c1-14-10-9(13)8(4-15-11(10)18(19)20)21-6-2-7-12(16-3-6)22-5-17-7/h2-5,14H,1H3. The molecule has 0 saturated heterocycles. The predicted molar refractivity (Wildman–Crippen MR) is 82.9 cm³/mol. The Morgan fingerprint density at radius 2 is 2.18 bits per heavy atom. The SMILES string of the molecule is CNc1c([N+](=O)[O-])ncc(Oc2cnc3scnc3c2)c1Cl. The highest BCUT2D eigenvalue weighted by molar-refractivity contribution is 7.16. The number of hydrogen-bond donors (Lipinski definition) is 1. The third-order valence-electron chi connectivity index (χ3n) is 2.78. The first kappa shape index (κ1) is 14.4. The predicted octanol–water partition coefficient (Wildman–Crippen LogP) is 3.48. The molecule has 0 aliphatic rings. The van der Waals surface area contributed by atoms with E-state index in [9.17, 15) is 10.1 Å². The van der Waals surface area contributed by atoms with Gasteiger partial charge in [-0.05, 0) is 9.91 Å². The number of nitro groups is 1. The Labute approximate surface area is 132 Å². The molecule has 0 aromatic carbocycles. The fraction of sp³-hybridized carbons (Fsp3) is 0.0833. The molecule has 22 heavy (non-hydrogen) atoms. The number of rotatable bonds is 4. The molecule has 8 nitrogen and oxygen atoms in total. The molecular weight excluding hydrogens is 330 g/mol. The highest BCUT2D eigenvalue weighted by atomic mass is 35.5. The number of thiazole rings is 1. The summed E-state index contributed by atoms with van der Waals surface area (Å²) in [5.41, 5.74) is 2.47. The van der Waals surface area contributed by atoms with Crippen LogP contribution in [-0.2, 0) is 0 Å². The molecule has 3 aromatic heterocycles. The average Bonchev–Trinajstić information content (AvgIpc) is 2.96. The minimum Gasteiger partial charge on any atom is -0.450 e. The Morgan fingerprint density at radius 1 is 1.36 bits per heavy atom.